The molecular weight excluding hydrogens is 334 g/mol. The zero-order chi connectivity index (χ0) is 19.5. The highest BCUT2D eigenvalue weighted by molar-refractivity contribution is 5.93. The Bertz CT molecular complexity index is 793. The molecule has 140 valence electrons. The second-order valence-electron chi connectivity index (χ2n) is 7.82. The van der Waals surface area contributed by atoms with Gasteiger partial charge in [0, 0.05) is 24.2 Å². The summed E-state index contributed by atoms with van der Waals surface area (Å²) in [7, 11) is 0. The van der Waals surface area contributed by atoms with Gasteiger partial charge in [-0.05, 0) is 48.6 Å². The van der Waals surface area contributed by atoms with Gasteiger partial charge < -0.3 is 10.6 Å². The second-order valence-corrected chi connectivity index (χ2v) is 7.82. The van der Waals surface area contributed by atoms with Gasteiger partial charge in [-0.3, -0.25) is 4.79 Å². The summed E-state index contributed by atoms with van der Waals surface area (Å²) in [6, 6.07) is 7.73. The highest BCUT2D eigenvalue weighted by atomic mass is 19.1. The molecule has 1 amide bonds. The Kier molecular flexibility index (Phi) is 6.01. The molecule has 2 rings (SSSR count). The van der Waals surface area contributed by atoms with Crippen molar-refractivity contribution in [2.45, 2.75) is 47.6 Å². The fourth-order valence-electron chi connectivity index (χ4n) is 2.75. The monoisotopic (exact) mass is 360 g/mol. The average molecular weight is 360 g/mol. The summed E-state index contributed by atoms with van der Waals surface area (Å²) in [6.45, 7) is 9.81. The van der Waals surface area contributed by atoms with Crippen LogP contribution in [-0.4, -0.2) is 5.91 Å². The van der Waals surface area contributed by atoms with Gasteiger partial charge in [-0.25, -0.2) is 8.78 Å². The number of anilines is 2. The van der Waals surface area contributed by atoms with E-state index < -0.39 is 5.82 Å². The molecule has 0 unspecified atom stereocenters. The molecule has 0 atom stereocenters. The number of carbonyl (C=O) groups is 1. The molecule has 2 N–H and O–H groups in total. The van der Waals surface area contributed by atoms with Crippen LogP contribution >= 0.6 is 0 Å². The fraction of sp³-hybridized carbons (Fsp3) is 0.381. The molecule has 0 aliphatic heterocycles. The topological polar surface area (TPSA) is 41.1 Å². The zero-order valence-electron chi connectivity index (χ0n) is 16.0. The van der Waals surface area contributed by atoms with Gasteiger partial charge in [0.2, 0.25) is 5.91 Å². The number of benzene rings is 2. The van der Waals surface area contributed by atoms with E-state index >= 15 is 0 Å². The number of amides is 1. The summed E-state index contributed by atoms with van der Waals surface area (Å²) < 4.78 is 27.7. The van der Waals surface area contributed by atoms with Crippen molar-refractivity contribution in [2.75, 3.05) is 10.6 Å². The Morgan fingerprint density at radius 3 is 2.27 bits per heavy atom. The van der Waals surface area contributed by atoms with E-state index in [4.69, 9.17) is 0 Å². The summed E-state index contributed by atoms with van der Waals surface area (Å²) in [5.74, 6) is -0.833. The van der Waals surface area contributed by atoms with Gasteiger partial charge in [0.15, 0.2) is 5.82 Å². The van der Waals surface area contributed by atoms with Crippen molar-refractivity contribution in [3.63, 3.8) is 0 Å². The van der Waals surface area contributed by atoms with E-state index in [2.05, 4.69) is 10.6 Å². The molecule has 0 aliphatic rings. The maximum Gasteiger partial charge on any atom is 0.224 e. The number of hydrogen-bond acceptors (Lipinski definition) is 2. The third-order valence-electron chi connectivity index (χ3n) is 4.05. The Morgan fingerprint density at radius 1 is 1.08 bits per heavy atom. The zero-order valence-corrected chi connectivity index (χ0v) is 16.0. The van der Waals surface area contributed by atoms with Crippen molar-refractivity contribution < 1.29 is 13.6 Å². The first-order valence-corrected chi connectivity index (χ1v) is 8.65. The lowest BCUT2D eigenvalue weighted by Gasteiger charge is -2.20. The lowest BCUT2D eigenvalue weighted by atomic mass is 9.92. The molecular formula is C21H26F2N2O. The minimum absolute atomic E-state index is 0.130. The summed E-state index contributed by atoms with van der Waals surface area (Å²) in [6.07, 6.45) is 0.359. The molecule has 5 heteroatoms. The number of carbonyl (C=O) groups excluding carboxylic acids is 1. The summed E-state index contributed by atoms with van der Waals surface area (Å²) in [4.78, 5) is 12.2. The Morgan fingerprint density at radius 2 is 1.69 bits per heavy atom. The first kappa shape index (κ1) is 19.9. The van der Waals surface area contributed by atoms with E-state index in [0.29, 0.717) is 29.9 Å². The van der Waals surface area contributed by atoms with Crippen LogP contribution in [0, 0.1) is 30.9 Å². The third kappa shape index (κ3) is 5.28. The van der Waals surface area contributed by atoms with E-state index in [1.165, 1.54) is 12.1 Å². The van der Waals surface area contributed by atoms with Gasteiger partial charge in [-0.15, -0.1) is 0 Å². The van der Waals surface area contributed by atoms with E-state index in [-0.39, 0.29) is 17.1 Å². The van der Waals surface area contributed by atoms with E-state index in [9.17, 15) is 13.6 Å². The third-order valence-corrected chi connectivity index (χ3v) is 4.05. The molecule has 3 nitrogen and oxygen atoms in total. The number of halogens is 2. The fourth-order valence-corrected chi connectivity index (χ4v) is 2.75. The molecule has 0 saturated heterocycles. The minimum Gasteiger partial charge on any atom is -0.379 e. The van der Waals surface area contributed by atoms with Crippen molar-refractivity contribution in [1.82, 2.24) is 0 Å². The van der Waals surface area contributed by atoms with Crippen molar-refractivity contribution in [2.24, 2.45) is 5.41 Å². The molecule has 2 aromatic carbocycles. The highest BCUT2D eigenvalue weighted by Crippen LogP contribution is 2.30. The minimum atomic E-state index is -0.399. The van der Waals surface area contributed by atoms with Crippen LogP contribution in [0.15, 0.2) is 30.3 Å². The van der Waals surface area contributed by atoms with Gasteiger partial charge in [-0.2, -0.15) is 0 Å². The lowest BCUT2D eigenvalue weighted by Crippen LogP contribution is -2.21. The lowest BCUT2D eigenvalue weighted by molar-refractivity contribution is -0.117. The van der Waals surface area contributed by atoms with Gasteiger partial charge >= 0.3 is 0 Å². The molecule has 26 heavy (non-hydrogen) atoms. The molecule has 0 radical (unpaired) electrons. The molecule has 0 aliphatic carbocycles. The van der Waals surface area contributed by atoms with Gasteiger partial charge in [0.1, 0.15) is 5.82 Å². The highest BCUT2D eigenvalue weighted by Gasteiger charge is 2.19. The normalized spacial score (nSPS) is 11.3. The second kappa shape index (κ2) is 7.85. The van der Waals surface area contributed by atoms with Gasteiger partial charge in [0.25, 0.3) is 0 Å². The number of nitrogens with one attached hydrogen (secondary N) is 2. The molecule has 0 aromatic heterocycles. The van der Waals surface area contributed by atoms with Crippen molar-refractivity contribution in [1.29, 1.82) is 0 Å². The predicted octanol–water partition coefficient (Wildman–Crippen LogP) is 5.57. The van der Waals surface area contributed by atoms with Crippen molar-refractivity contribution in [3.05, 3.63) is 58.7 Å². The maximum absolute atomic E-state index is 14.7. The smallest absolute Gasteiger partial charge is 0.224 e. The number of hydrogen-bond donors (Lipinski definition) is 2. The first-order chi connectivity index (χ1) is 12.1. The average Bonchev–Trinajstić information content (AvgIpc) is 2.53. The van der Waals surface area contributed by atoms with E-state index in [1.807, 2.05) is 27.7 Å². The number of rotatable bonds is 5. The van der Waals surface area contributed by atoms with Crippen LogP contribution in [0.25, 0.3) is 0 Å². The SMILES string of the molecule is Cc1cc(NCc2ccc(F)cc2)c(F)c(C)c1NC(=O)CC(C)(C)C. The quantitative estimate of drug-likeness (QED) is 0.732. The van der Waals surface area contributed by atoms with Gasteiger partial charge in [-0.1, -0.05) is 32.9 Å². The Balaban J connectivity index is 2.16. The van der Waals surface area contributed by atoms with Crippen LogP contribution in [0.4, 0.5) is 20.2 Å². The van der Waals surface area contributed by atoms with Crippen molar-refractivity contribution in [3.8, 4) is 0 Å². The van der Waals surface area contributed by atoms with Crippen LogP contribution in [-0.2, 0) is 11.3 Å². The van der Waals surface area contributed by atoms with Crippen LogP contribution in [0.5, 0.6) is 0 Å². The summed E-state index contributed by atoms with van der Waals surface area (Å²) in [5, 5.41) is 5.87. The van der Waals surface area contributed by atoms with Crippen LogP contribution in [0.2, 0.25) is 0 Å². The molecule has 0 heterocycles. The maximum atomic E-state index is 14.7. The van der Waals surface area contributed by atoms with Crippen LogP contribution in [0.3, 0.4) is 0 Å². The molecule has 0 bridgehead atoms. The number of aryl methyl sites for hydroxylation is 1. The van der Waals surface area contributed by atoms with E-state index in [1.54, 1.807) is 25.1 Å². The summed E-state index contributed by atoms with van der Waals surface area (Å²) >= 11 is 0. The Labute approximate surface area is 153 Å². The first-order valence-electron chi connectivity index (χ1n) is 8.65. The predicted molar refractivity (Wildman–Crippen MR) is 102 cm³/mol. The summed E-state index contributed by atoms with van der Waals surface area (Å²) in [5.41, 5.74) is 2.77. The molecule has 0 fully saturated rings. The standard InChI is InChI=1S/C21H26F2N2O/c1-13-10-17(24-12-15-6-8-16(22)9-7-15)19(23)14(2)20(13)25-18(26)11-21(3,4)5/h6-10,24H,11-12H2,1-5H3,(H,25,26). The molecule has 2 aromatic rings. The Hall–Kier alpha value is -2.43. The molecule has 0 saturated carbocycles. The van der Waals surface area contributed by atoms with E-state index in [0.717, 1.165) is 11.1 Å². The van der Waals surface area contributed by atoms with Gasteiger partial charge in [0.05, 0.1) is 5.69 Å². The molecule has 0 spiro atoms. The largest absolute Gasteiger partial charge is 0.379 e. The van der Waals surface area contributed by atoms with Crippen LogP contribution < -0.4 is 10.6 Å². The van der Waals surface area contributed by atoms with Crippen molar-refractivity contribution >= 4 is 17.3 Å². The van der Waals surface area contributed by atoms with Crippen LogP contribution in [0.1, 0.15) is 43.9 Å².